The Hall–Kier alpha value is -3.53. The number of halogens is 3. The number of piperidine rings is 1. The van der Waals surface area contributed by atoms with Crippen molar-refractivity contribution >= 4 is 22.6 Å². The Bertz CT molecular complexity index is 1300. The summed E-state index contributed by atoms with van der Waals surface area (Å²) in [5, 5.41) is 11.2. The van der Waals surface area contributed by atoms with Gasteiger partial charge in [0.05, 0.1) is 29.9 Å². The molecule has 0 unspecified atom stereocenters. The van der Waals surface area contributed by atoms with E-state index in [1.165, 1.54) is 0 Å². The van der Waals surface area contributed by atoms with Crippen LogP contribution in [0.3, 0.4) is 0 Å². The number of carbonyl (C=O) groups is 1. The third kappa shape index (κ3) is 6.38. The summed E-state index contributed by atoms with van der Waals surface area (Å²) in [6.45, 7) is 1.75. The average molecular weight is 546 g/mol. The van der Waals surface area contributed by atoms with Gasteiger partial charge in [-0.05, 0) is 69.0 Å². The van der Waals surface area contributed by atoms with E-state index in [1.807, 2.05) is 43.4 Å². The smallest absolute Gasteiger partial charge is 0.309 e. The molecule has 10 heteroatoms. The van der Waals surface area contributed by atoms with E-state index in [9.17, 15) is 23.1 Å². The first-order chi connectivity index (χ1) is 18.6. The fraction of sp³-hybridized carbons (Fsp3) is 0.448. The van der Waals surface area contributed by atoms with E-state index in [0.717, 1.165) is 40.0 Å². The molecule has 1 saturated heterocycles. The van der Waals surface area contributed by atoms with Crippen LogP contribution in [0.1, 0.15) is 31.2 Å². The lowest BCUT2D eigenvalue weighted by atomic mass is 9.74. The zero-order chi connectivity index (χ0) is 28.2. The topological polar surface area (TPSA) is 75.1 Å². The van der Waals surface area contributed by atoms with Gasteiger partial charge in [-0.25, -0.2) is 13.2 Å². The van der Waals surface area contributed by atoms with Crippen molar-refractivity contribution in [2.45, 2.75) is 32.1 Å². The normalized spacial score (nSPS) is 15.3. The summed E-state index contributed by atoms with van der Waals surface area (Å²) in [5.41, 5.74) is 2.16. The molecule has 0 atom stereocenters. The third-order valence-electron chi connectivity index (χ3n) is 7.63. The van der Waals surface area contributed by atoms with Crippen molar-refractivity contribution in [3.8, 4) is 11.5 Å². The number of pyridine rings is 1. The van der Waals surface area contributed by atoms with E-state index >= 15 is 0 Å². The molecule has 0 spiro atoms. The Morgan fingerprint density at radius 1 is 1.10 bits per heavy atom. The summed E-state index contributed by atoms with van der Waals surface area (Å²) >= 11 is 0. The zero-order valence-electron chi connectivity index (χ0n) is 22.5. The number of ether oxygens (including phenoxy) is 2. The number of fused-ring (bicyclic) bond motifs is 1. The van der Waals surface area contributed by atoms with Crippen LogP contribution in [0.15, 0.2) is 36.5 Å². The number of anilines is 1. The number of benzene rings is 2. The molecule has 7 nitrogen and oxygen atoms in total. The Kier molecular flexibility index (Phi) is 8.84. The van der Waals surface area contributed by atoms with Crippen LogP contribution in [-0.2, 0) is 11.2 Å². The Balaban J connectivity index is 1.36. The maximum Gasteiger partial charge on any atom is 0.309 e. The standard InChI is InChI=1S/C29H34F3N3O4/c1-34(2)26-18-33-25-7-6-19(38-3)15-22(25)21(26)5-4-8-29(28(36)37)9-11-35(12-10-29)13-14-39-20-16-23(30)27(32)24(31)17-20/h6-7,15-18H,4-5,8-14H2,1-3H3,(H,36,37). The summed E-state index contributed by atoms with van der Waals surface area (Å²) in [7, 11) is 5.56. The van der Waals surface area contributed by atoms with Crippen LogP contribution in [0.2, 0.25) is 0 Å². The molecule has 1 aliphatic heterocycles. The molecule has 1 aliphatic rings. The minimum absolute atomic E-state index is 0.0818. The van der Waals surface area contributed by atoms with Gasteiger partial charge in [-0.1, -0.05) is 0 Å². The lowest BCUT2D eigenvalue weighted by molar-refractivity contribution is -0.152. The van der Waals surface area contributed by atoms with Gasteiger partial charge in [0.2, 0.25) is 0 Å². The number of methoxy groups -OCH3 is 1. The second kappa shape index (κ2) is 12.1. The van der Waals surface area contributed by atoms with Gasteiger partial charge in [0, 0.05) is 38.2 Å². The molecular weight excluding hydrogens is 511 g/mol. The van der Waals surface area contributed by atoms with E-state index in [0.29, 0.717) is 51.7 Å². The van der Waals surface area contributed by atoms with Gasteiger partial charge in [-0.2, -0.15) is 0 Å². The number of rotatable bonds is 11. The number of carboxylic acid groups (broad SMARTS) is 1. The number of aliphatic carboxylic acids is 1. The van der Waals surface area contributed by atoms with E-state index in [4.69, 9.17) is 9.47 Å². The van der Waals surface area contributed by atoms with Crippen LogP contribution in [0.4, 0.5) is 18.9 Å². The number of nitrogens with zero attached hydrogens (tertiary/aromatic N) is 3. The van der Waals surface area contributed by atoms with Crippen LogP contribution in [0.25, 0.3) is 10.9 Å². The number of carboxylic acids is 1. The first-order valence-electron chi connectivity index (χ1n) is 13.0. The Labute approximate surface area is 226 Å². The number of likely N-dealkylation sites (tertiary alicyclic amines) is 1. The highest BCUT2D eigenvalue weighted by atomic mass is 19.2. The van der Waals surface area contributed by atoms with E-state index in [1.54, 1.807) is 7.11 Å². The van der Waals surface area contributed by atoms with Crippen LogP contribution in [-0.4, -0.2) is 68.4 Å². The monoisotopic (exact) mass is 545 g/mol. The summed E-state index contributed by atoms with van der Waals surface area (Å²) in [5.74, 6) is -4.25. The molecule has 0 bridgehead atoms. The highest BCUT2D eigenvalue weighted by Crippen LogP contribution is 2.38. The minimum atomic E-state index is -1.53. The molecular formula is C29H34F3N3O4. The van der Waals surface area contributed by atoms with E-state index < -0.39 is 28.8 Å². The molecule has 1 aromatic heterocycles. The molecule has 39 heavy (non-hydrogen) atoms. The maximum atomic E-state index is 13.4. The average Bonchev–Trinajstić information content (AvgIpc) is 2.92. The quantitative estimate of drug-likeness (QED) is 0.328. The zero-order valence-corrected chi connectivity index (χ0v) is 22.5. The molecule has 2 heterocycles. The molecule has 4 rings (SSSR count). The third-order valence-corrected chi connectivity index (χ3v) is 7.63. The van der Waals surface area contributed by atoms with Crippen molar-refractivity contribution in [2.24, 2.45) is 5.41 Å². The van der Waals surface area contributed by atoms with Crippen LogP contribution >= 0.6 is 0 Å². The van der Waals surface area contributed by atoms with E-state index in [-0.39, 0.29) is 12.4 Å². The second-order valence-corrected chi connectivity index (χ2v) is 10.2. The van der Waals surface area contributed by atoms with Gasteiger partial charge >= 0.3 is 5.97 Å². The molecule has 0 saturated carbocycles. The highest BCUT2D eigenvalue weighted by molar-refractivity contribution is 5.88. The summed E-state index contributed by atoms with van der Waals surface area (Å²) in [6, 6.07) is 7.41. The van der Waals surface area contributed by atoms with Crippen molar-refractivity contribution in [3.63, 3.8) is 0 Å². The van der Waals surface area contributed by atoms with Gasteiger partial charge < -0.3 is 19.5 Å². The van der Waals surface area contributed by atoms with Crippen molar-refractivity contribution < 1.29 is 32.5 Å². The molecule has 210 valence electrons. The maximum absolute atomic E-state index is 13.4. The highest BCUT2D eigenvalue weighted by Gasteiger charge is 2.40. The van der Waals surface area contributed by atoms with Gasteiger partial charge in [0.15, 0.2) is 17.5 Å². The summed E-state index contributed by atoms with van der Waals surface area (Å²) in [6.07, 6.45) is 4.79. The molecule has 2 aromatic carbocycles. The lowest BCUT2D eigenvalue weighted by Gasteiger charge is -2.39. The van der Waals surface area contributed by atoms with Crippen molar-refractivity contribution in [2.75, 3.05) is 52.3 Å². The Morgan fingerprint density at radius 2 is 1.79 bits per heavy atom. The van der Waals surface area contributed by atoms with Gasteiger partial charge in [-0.3, -0.25) is 14.7 Å². The number of hydrogen-bond donors (Lipinski definition) is 1. The first kappa shape index (κ1) is 28.5. The molecule has 1 fully saturated rings. The number of aryl methyl sites for hydroxylation is 1. The molecule has 0 aliphatic carbocycles. The van der Waals surface area contributed by atoms with Crippen molar-refractivity contribution in [3.05, 3.63) is 59.5 Å². The van der Waals surface area contributed by atoms with Crippen LogP contribution in [0, 0.1) is 22.9 Å². The summed E-state index contributed by atoms with van der Waals surface area (Å²) < 4.78 is 50.7. The predicted octanol–water partition coefficient (Wildman–Crippen LogP) is 5.30. The molecule has 1 N–H and O–H groups in total. The van der Waals surface area contributed by atoms with Gasteiger partial charge in [0.1, 0.15) is 18.1 Å². The van der Waals surface area contributed by atoms with Crippen molar-refractivity contribution in [1.82, 2.24) is 9.88 Å². The lowest BCUT2D eigenvalue weighted by Crippen LogP contribution is -2.45. The van der Waals surface area contributed by atoms with Crippen LogP contribution < -0.4 is 14.4 Å². The second-order valence-electron chi connectivity index (χ2n) is 10.2. The van der Waals surface area contributed by atoms with Crippen LogP contribution in [0.5, 0.6) is 11.5 Å². The van der Waals surface area contributed by atoms with Gasteiger partial charge in [0.25, 0.3) is 0 Å². The SMILES string of the molecule is COc1ccc2ncc(N(C)C)c(CCCC3(C(=O)O)CCN(CCOc4cc(F)c(F)c(F)c4)CC3)c2c1. The number of aromatic nitrogens is 1. The molecule has 0 radical (unpaired) electrons. The minimum Gasteiger partial charge on any atom is -0.497 e. The van der Waals surface area contributed by atoms with E-state index in [2.05, 4.69) is 9.88 Å². The number of hydrogen-bond acceptors (Lipinski definition) is 6. The largest absolute Gasteiger partial charge is 0.497 e. The van der Waals surface area contributed by atoms with Crippen molar-refractivity contribution in [1.29, 1.82) is 0 Å². The molecule has 3 aromatic rings. The summed E-state index contributed by atoms with van der Waals surface area (Å²) in [4.78, 5) is 21.1. The fourth-order valence-corrected chi connectivity index (χ4v) is 5.28. The predicted molar refractivity (Wildman–Crippen MR) is 143 cm³/mol. The Morgan fingerprint density at radius 3 is 2.41 bits per heavy atom. The molecule has 0 amide bonds. The van der Waals surface area contributed by atoms with Gasteiger partial charge in [-0.15, -0.1) is 0 Å². The first-order valence-corrected chi connectivity index (χ1v) is 13.0. The fourth-order valence-electron chi connectivity index (χ4n) is 5.28.